The number of aryl methyl sites for hydroxylation is 1. The van der Waals surface area contributed by atoms with Crippen LogP contribution < -0.4 is 14.2 Å². The average Bonchev–Trinajstić information content (AvgIpc) is 2.91. The lowest BCUT2D eigenvalue weighted by molar-refractivity contribution is 0.304. The van der Waals surface area contributed by atoms with E-state index in [0.29, 0.717) is 11.5 Å². The van der Waals surface area contributed by atoms with Crippen molar-refractivity contribution >= 4 is 0 Å². The highest BCUT2D eigenvalue weighted by molar-refractivity contribution is 5.37. The van der Waals surface area contributed by atoms with Gasteiger partial charge in [0.1, 0.15) is 40.2 Å². The highest BCUT2D eigenvalue weighted by Gasteiger charge is 2.00. The molecule has 0 saturated carbocycles. The molecular formula is C32H36O5. The Kier molecular flexibility index (Phi) is 11.2. The molecule has 0 amide bonds. The number of hydrogen-bond acceptors (Lipinski definition) is 5. The first-order valence-electron chi connectivity index (χ1n) is 12.7. The molecule has 194 valence electrons. The monoisotopic (exact) mass is 500 g/mol. The minimum atomic E-state index is 0.202. The van der Waals surface area contributed by atoms with Gasteiger partial charge in [-0.15, -0.1) is 0 Å². The first-order valence-corrected chi connectivity index (χ1v) is 12.7. The van der Waals surface area contributed by atoms with Crippen molar-refractivity contribution in [1.82, 2.24) is 0 Å². The van der Waals surface area contributed by atoms with E-state index < -0.39 is 0 Å². The first-order chi connectivity index (χ1) is 18.0. The summed E-state index contributed by atoms with van der Waals surface area (Å²) in [6.07, 6.45) is 6.29. The van der Waals surface area contributed by atoms with Gasteiger partial charge < -0.3 is 24.4 Å². The van der Waals surface area contributed by atoms with Gasteiger partial charge in [0, 0.05) is 0 Å². The molecule has 0 heterocycles. The lowest BCUT2D eigenvalue weighted by Gasteiger charge is -2.08. The van der Waals surface area contributed by atoms with Crippen molar-refractivity contribution in [3.8, 4) is 40.2 Å². The topological polar surface area (TPSA) is 68.2 Å². The van der Waals surface area contributed by atoms with Gasteiger partial charge in [0.15, 0.2) is 0 Å². The molecule has 0 aliphatic heterocycles. The maximum Gasteiger partial charge on any atom is 0.127 e. The largest absolute Gasteiger partial charge is 0.508 e. The zero-order chi connectivity index (χ0) is 26.3. The molecule has 2 N–H and O–H groups in total. The predicted octanol–water partition coefficient (Wildman–Crippen LogP) is 9.03. The molecule has 0 aromatic heterocycles. The van der Waals surface area contributed by atoms with Crippen molar-refractivity contribution in [3.05, 3.63) is 103 Å². The van der Waals surface area contributed by atoms with Crippen LogP contribution >= 0.6 is 0 Å². The number of phenolic OH excluding ortho intramolecular Hbond substituents is 2. The van der Waals surface area contributed by atoms with E-state index in [9.17, 15) is 0 Å². The van der Waals surface area contributed by atoms with E-state index in [4.69, 9.17) is 24.4 Å². The Balaban J connectivity index is 0.000000220. The van der Waals surface area contributed by atoms with Crippen molar-refractivity contribution in [2.24, 2.45) is 0 Å². The van der Waals surface area contributed by atoms with Gasteiger partial charge in [-0.05, 0) is 98.3 Å². The molecule has 0 spiro atoms. The number of unbranched alkanes of at least 4 members (excludes halogenated alkanes) is 4. The lowest BCUT2D eigenvalue weighted by atomic mass is 10.2. The molecule has 0 saturated heterocycles. The SMILES string of the molecule is CCCCCCCOc1ccc(Oc2ccc(C)cc2)cc1.Oc1ccc(Oc2ccc(O)cc2)cc1. The molecule has 0 unspecified atom stereocenters. The number of aromatic hydroxyl groups is 2. The van der Waals surface area contributed by atoms with Crippen LogP contribution in [0, 0.1) is 6.92 Å². The molecule has 0 bridgehead atoms. The van der Waals surface area contributed by atoms with E-state index in [1.807, 2.05) is 48.5 Å². The van der Waals surface area contributed by atoms with Gasteiger partial charge in [0.05, 0.1) is 6.61 Å². The summed E-state index contributed by atoms with van der Waals surface area (Å²) in [5.41, 5.74) is 1.23. The summed E-state index contributed by atoms with van der Waals surface area (Å²) in [5.74, 6) is 4.28. The van der Waals surface area contributed by atoms with Crippen LogP contribution in [0.3, 0.4) is 0 Å². The fraction of sp³-hybridized carbons (Fsp3) is 0.250. The van der Waals surface area contributed by atoms with Gasteiger partial charge in [-0.1, -0.05) is 50.3 Å². The predicted molar refractivity (Wildman–Crippen MR) is 148 cm³/mol. The summed E-state index contributed by atoms with van der Waals surface area (Å²) in [6.45, 7) is 5.09. The van der Waals surface area contributed by atoms with Crippen LogP contribution in [-0.4, -0.2) is 16.8 Å². The summed E-state index contributed by atoms with van der Waals surface area (Å²) in [6, 6.07) is 28.8. The molecule has 4 aromatic rings. The Morgan fingerprint density at radius 3 is 1.32 bits per heavy atom. The number of benzene rings is 4. The van der Waals surface area contributed by atoms with Crippen molar-refractivity contribution in [1.29, 1.82) is 0 Å². The van der Waals surface area contributed by atoms with Crippen LogP contribution in [0.5, 0.6) is 40.2 Å². The number of rotatable bonds is 11. The molecular weight excluding hydrogens is 464 g/mol. The van der Waals surface area contributed by atoms with Crippen molar-refractivity contribution < 1.29 is 24.4 Å². The zero-order valence-corrected chi connectivity index (χ0v) is 21.6. The summed E-state index contributed by atoms with van der Waals surface area (Å²) >= 11 is 0. The fourth-order valence-corrected chi connectivity index (χ4v) is 3.41. The summed E-state index contributed by atoms with van der Waals surface area (Å²) < 4.78 is 17.0. The molecule has 0 aliphatic rings. The highest BCUT2D eigenvalue weighted by Crippen LogP contribution is 2.25. The zero-order valence-electron chi connectivity index (χ0n) is 21.6. The Morgan fingerprint density at radius 1 is 0.486 bits per heavy atom. The van der Waals surface area contributed by atoms with E-state index >= 15 is 0 Å². The molecule has 4 aromatic carbocycles. The molecule has 5 heteroatoms. The van der Waals surface area contributed by atoms with Crippen molar-refractivity contribution in [2.45, 2.75) is 46.0 Å². The standard InChI is InChI=1S/C20H26O2.C12H10O3/c1-3-4-5-6-7-16-21-18-12-14-20(15-13-18)22-19-10-8-17(2)9-11-19;13-9-1-5-11(6-2-9)15-12-7-3-10(14)4-8-12/h8-15H,3-7,16H2,1-2H3;1-8,13-14H. The van der Waals surface area contributed by atoms with Crippen LogP contribution in [0.2, 0.25) is 0 Å². The van der Waals surface area contributed by atoms with E-state index in [1.54, 1.807) is 48.5 Å². The van der Waals surface area contributed by atoms with Crippen LogP contribution in [0.4, 0.5) is 0 Å². The number of phenols is 2. The van der Waals surface area contributed by atoms with Crippen LogP contribution in [0.15, 0.2) is 97.1 Å². The van der Waals surface area contributed by atoms with E-state index in [1.165, 1.54) is 31.2 Å². The van der Waals surface area contributed by atoms with Gasteiger partial charge in [0.25, 0.3) is 0 Å². The molecule has 0 radical (unpaired) electrons. The van der Waals surface area contributed by atoms with E-state index in [-0.39, 0.29) is 11.5 Å². The Morgan fingerprint density at radius 2 is 0.865 bits per heavy atom. The quantitative estimate of drug-likeness (QED) is 0.201. The number of hydrogen-bond donors (Lipinski definition) is 2. The third-order valence-corrected chi connectivity index (χ3v) is 5.51. The second kappa shape index (κ2) is 15.1. The lowest BCUT2D eigenvalue weighted by Crippen LogP contribution is -1.97. The molecule has 4 rings (SSSR count). The van der Waals surface area contributed by atoms with Gasteiger partial charge in [0.2, 0.25) is 0 Å². The fourth-order valence-electron chi connectivity index (χ4n) is 3.41. The maximum absolute atomic E-state index is 9.07. The van der Waals surface area contributed by atoms with Gasteiger partial charge >= 0.3 is 0 Å². The molecule has 0 aliphatic carbocycles. The van der Waals surface area contributed by atoms with Gasteiger partial charge in [-0.3, -0.25) is 0 Å². The third kappa shape index (κ3) is 10.6. The second-order valence-corrected chi connectivity index (χ2v) is 8.74. The summed E-state index contributed by atoms with van der Waals surface area (Å²) in [4.78, 5) is 0. The molecule has 0 atom stereocenters. The first kappa shape index (κ1) is 27.5. The smallest absolute Gasteiger partial charge is 0.127 e. The van der Waals surface area contributed by atoms with Crippen LogP contribution in [0.1, 0.15) is 44.6 Å². The summed E-state index contributed by atoms with van der Waals surface area (Å²) in [5, 5.41) is 18.1. The maximum atomic E-state index is 9.07. The average molecular weight is 501 g/mol. The van der Waals surface area contributed by atoms with E-state index in [2.05, 4.69) is 13.8 Å². The van der Waals surface area contributed by atoms with Crippen molar-refractivity contribution in [3.63, 3.8) is 0 Å². The van der Waals surface area contributed by atoms with Gasteiger partial charge in [-0.2, -0.15) is 0 Å². The number of ether oxygens (including phenoxy) is 3. The molecule has 5 nitrogen and oxygen atoms in total. The second-order valence-electron chi connectivity index (χ2n) is 8.74. The Hall–Kier alpha value is -4.12. The van der Waals surface area contributed by atoms with Crippen LogP contribution in [0.25, 0.3) is 0 Å². The highest BCUT2D eigenvalue weighted by atomic mass is 16.5. The summed E-state index contributed by atoms with van der Waals surface area (Å²) in [7, 11) is 0. The third-order valence-electron chi connectivity index (χ3n) is 5.51. The van der Waals surface area contributed by atoms with E-state index in [0.717, 1.165) is 30.3 Å². The minimum absolute atomic E-state index is 0.202. The molecule has 0 fully saturated rings. The normalized spacial score (nSPS) is 10.2. The van der Waals surface area contributed by atoms with Crippen molar-refractivity contribution in [2.75, 3.05) is 6.61 Å². The van der Waals surface area contributed by atoms with Gasteiger partial charge in [-0.25, -0.2) is 0 Å². The Labute approximate surface area is 219 Å². The van der Waals surface area contributed by atoms with Crippen LogP contribution in [-0.2, 0) is 0 Å². The molecule has 37 heavy (non-hydrogen) atoms. The minimum Gasteiger partial charge on any atom is -0.508 e. The Bertz CT molecular complexity index is 1110.